The summed E-state index contributed by atoms with van der Waals surface area (Å²) in [6.07, 6.45) is -0.566. The van der Waals surface area contributed by atoms with E-state index in [2.05, 4.69) is 15.6 Å². The van der Waals surface area contributed by atoms with Crippen LogP contribution in [-0.4, -0.2) is 76.6 Å². The number of urea groups is 1. The summed E-state index contributed by atoms with van der Waals surface area (Å²) in [4.78, 5) is 48.3. The molecule has 5 aromatic rings. The number of nitrogens with one attached hydrogen (secondary N) is 2. The van der Waals surface area contributed by atoms with Gasteiger partial charge in [-0.25, -0.2) is 9.78 Å². The van der Waals surface area contributed by atoms with Gasteiger partial charge in [-0.3, -0.25) is 9.59 Å². The van der Waals surface area contributed by atoms with E-state index in [4.69, 9.17) is 4.74 Å². The Balaban J connectivity index is 1.29. The molecule has 1 aliphatic heterocycles. The molecule has 3 N–H and O–H groups in total. The Bertz CT molecular complexity index is 1890. The molecule has 6 rings (SSSR count). The highest BCUT2D eigenvalue weighted by atomic mass is 32.1. The number of likely N-dealkylation sites (N-methyl/N-ethyl adjacent to an activating group) is 1. The van der Waals surface area contributed by atoms with Crippen molar-refractivity contribution in [1.29, 1.82) is 0 Å². The van der Waals surface area contributed by atoms with Crippen LogP contribution in [0.15, 0.2) is 84.9 Å². The lowest BCUT2D eigenvalue weighted by Gasteiger charge is -2.38. The molecule has 2 heterocycles. The second kappa shape index (κ2) is 13.2. The van der Waals surface area contributed by atoms with Gasteiger partial charge in [0.05, 0.1) is 46.3 Å². The first-order valence-corrected chi connectivity index (χ1v) is 15.9. The monoisotopic (exact) mass is 637 g/mol. The highest BCUT2D eigenvalue weighted by molar-refractivity contribution is 7.20. The second-order valence-corrected chi connectivity index (χ2v) is 12.6. The van der Waals surface area contributed by atoms with E-state index in [1.54, 1.807) is 42.0 Å². The van der Waals surface area contributed by atoms with Gasteiger partial charge in [0.25, 0.3) is 11.8 Å². The number of rotatable bonds is 7. The highest BCUT2D eigenvalue weighted by Gasteiger charge is 2.35. The number of amides is 4. The summed E-state index contributed by atoms with van der Waals surface area (Å²) < 4.78 is 7.47. The Morgan fingerprint density at radius 3 is 2.54 bits per heavy atom. The lowest BCUT2D eigenvalue weighted by Crippen LogP contribution is -2.50. The van der Waals surface area contributed by atoms with Crippen LogP contribution in [0.5, 0.6) is 5.75 Å². The van der Waals surface area contributed by atoms with E-state index in [0.717, 1.165) is 21.0 Å². The maximum absolute atomic E-state index is 13.8. The molecule has 0 spiro atoms. The Morgan fingerprint density at radius 2 is 1.74 bits per heavy atom. The number of para-hydroxylation sites is 2. The van der Waals surface area contributed by atoms with Crippen molar-refractivity contribution in [2.75, 3.05) is 37.4 Å². The fourth-order valence-electron chi connectivity index (χ4n) is 5.60. The van der Waals surface area contributed by atoms with Crippen LogP contribution in [0.3, 0.4) is 0 Å². The van der Waals surface area contributed by atoms with Gasteiger partial charge in [-0.15, -0.1) is 11.3 Å². The first-order valence-electron chi connectivity index (χ1n) is 15.1. The van der Waals surface area contributed by atoms with Gasteiger partial charge in [0.2, 0.25) is 0 Å². The lowest BCUT2D eigenvalue weighted by molar-refractivity contribution is 0.0372. The molecule has 11 heteroatoms. The van der Waals surface area contributed by atoms with Crippen molar-refractivity contribution in [3.8, 4) is 5.75 Å². The molecule has 0 bridgehead atoms. The van der Waals surface area contributed by atoms with Crippen LogP contribution in [-0.2, 0) is 0 Å². The van der Waals surface area contributed by atoms with Crippen LogP contribution in [0, 0.1) is 5.92 Å². The number of thiazole rings is 1. The summed E-state index contributed by atoms with van der Waals surface area (Å²) in [5.74, 6) is -0.784. The summed E-state index contributed by atoms with van der Waals surface area (Å²) in [5.41, 5.74) is 1.98. The first-order chi connectivity index (χ1) is 22.2. The summed E-state index contributed by atoms with van der Waals surface area (Å²) >= 11 is 1.27. The first kappa shape index (κ1) is 31.0. The Morgan fingerprint density at radius 1 is 1.02 bits per heavy atom. The van der Waals surface area contributed by atoms with E-state index in [-0.39, 0.29) is 47.3 Å². The van der Waals surface area contributed by atoms with Gasteiger partial charge in [-0.05, 0) is 42.6 Å². The molecule has 1 aliphatic rings. The van der Waals surface area contributed by atoms with E-state index in [0.29, 0.717) is 17.9 Å². The number of nitrogens with zero attached hydrogens (tertiary/aromatic N) is 3. The van der Waals surface area contributed by atoms with E-state index in [1.807, 2.05) is 73.7 Å². The van der Waals surface area contributed by atoms with Crippen molar-refractivity contribution in [2.24, 2.45) is 5.92 Å². The van der Waals surface area contributed by atoms with Gasteiger partial charge in [-0.2, -0.15) is 0 Å². The fourth-order valence-corrected chi connectivity index (χ4v) is 6.46. The van der Waals surface area contributed by atoms with Crippen molar-refractivity contribution in [2.45, 2.75) is 26.0 Å². The van der Waals surface area contributed by atoms with Gasteiger partial charge in [0, 0.05) is 24.9 Å². The lowest BCUT2D eigenvalue weighted by atomic mass is 9.99. The van der Waals surface area contributed by atoms with Crippen molar-refractivity contribution in [1.82, 2.24) is 14.8 Å². The molecule has 0 saturated carbocycles. The highest BCUT2D eigenvalue weighted by Crippen LogP contribution is 2.36. The number of carbonyl (C=O) groups is 3. The van der Waals surface area contributed by atoms with Crippen LogP contribution in [0.4, 0.5) is 16.2 Å². The maximum atomic E-state index is 13.8. The molecule has 10 nitrogen and oxygen atoms in total. The number of anilines is 2. The molecule has 0 saturated heterocycles. The standard InChI is InChI=1S/C35H35N5O5S/c1-21-18-40(22(2)20-41)34(43)25-13-9-16-28(36-32(42)33-37-27-14-6-7-17-30(27)46-33)31(25)45-29(21)19-39(3)35(44)38-26-15-8-11-23-10-4-5-12-24(23)26/h4-17,21-22,29,41H,18-20H2,1-3H3,(H,36,42)(H,38,44)/t21-,22+,29-/m1/s1. The molecule has 0 aliphatic carbocycles. The van der Waals surface area contributed by atoms with Crippen molar-refractivity contribution < 1.29 is 24.2 Å². The van der Waals surface area contributed by atoms with Crippen molar-refractivity contribution in [3.05, 3.63) is 95.5 Å². The third-order valence-corrected chi connectivity index (χ3v) is 9.29. The predicted octanol–water partition coefficient (Wildman–Crippen LogP) is 6.09. The molecule has 0 fully saturated rings. The normalized spacial score (nSPS) is 17.0. The zero-order valence-corrected chi connectivity index (χ0v) is 26.6. The number of aromatic nitrogens is 1. The number of aliphatic hydroxyl groups is 1. The number of benzene rings is 4. The molecule has 0 unspecified atom stereocenters. The number of carbonyl (C=O) groups excluding carboxylic acids is 3. The SMILES string of the molecule is C[C@@H]1CN([C@@H](C)CO)C(=O)c2cccc(NC(=O)c3nc4ccccc4s3)c2O[C@@H]1CN(C)C(=O)Nc1cccc2ccccc12. The zero-order valence-electron chi connectivity index (χ0n) is 25.8. The topological polar surface area (TPSA) is 124 Å². The van der Waals surface area contributed by atoms with Crippen molar-refractivity contribution in [3.63, 3.8) is 0 Å². The summed E-state index contributed by atoms with van der Waals surface area (Å²) in [5, 5.41) is 18.2. The average molecular weight is 638 g/mol. The van der Waals surface area contributed by atoms with E-state index in [9.17, 15) is 19.5 Å². The largest absolute Gasteiger partial charge is 0.485 e. The van der Waals surface area contributed by atoms with E-state index in [1.165, 1.54) is 11.3 Å². The van der Waals surface area contributed by atoms with Crippen LogP contribution >= 0.6 is 11.3 Å². The Labute approximate surface area is 270 Å². The predicted molar refractivity (Wildman–Crippen MR) is 181 cm³/mol. The van der Waals surface area contributed by atoms with Crippen LogP contribution < -0.4 is 15.4 Å². The molecule has 236 valence electrons. The number of aliphatic hydroxyl groups excluding tert-OH is 1. The molecular weight excluding hydrogens is 602 g/mol. The number of ether oxygens (including phenoxy) is 1. The van der Waals surface area contributed by atoms with Gasteiger partial charge < -0.3 is 30.3 Å². The van der Waals surface area contributed by atoms with Crippen molar-refractivity contribution >= 4 is 61.5 Å². The third-order valence-electron chi connectivity index (χ3n) is 8.26. The smallest absolute Gasteiger partial charge is 0.321 e. The maximum Gasteiger partial charge on any atom is 0.321 e. The number of fused-ring (bicyclic) bond motifs is 3. The van der Waals surface area contributed by atoms with Gasteiger partial charge >= 0.3 is 6.03 Å². The fraction of sp³-hybridized carbons (Fsp3) is 0.257. The van der Waals surface area contributed by atoms with Gasteiger partial charge in [0.1, 0.15) is 6.10 Å². The molecule has 46 heavy (non-hydrogen) atoms. The molecule has 3 atom stereocenters. The third kappa shape index (κ3) is 6.24. The Kier molecular flexibility index (Phi) is 8.87. The van der Waals surface area contributed by atoms with Crippen LogP contribution in [0.1, 0.15) is 34.0 Å². The molecular formula is C35H35N5O5S. The summed E-state index contributed by atoms with van der Waals surface area (Å²) in [6.45, 7) is 3.99. The van der Waals surface area contributed by atoms with Gasteiger partial charge in [0.15, 0.2) is 10.8 Å². The minimum Gasteiger partial charge on any atom is -0.485 e. The molecule has 1 aromatic heterocycles. The molecule has 4 amide bonds. The summed E-state index contributed by atoms with van der Waals surface area (Å²) in [6, 6.07) is 25.3. The van der Waals surface area contributed by atoms with E-state index < -0.39 is 18.1 Å². The van der Waals surface area contributed by atoms with Crippen LogP contribution in [0.25, 0.3) is 21.0 Å². The number of hydrogen-bond acceptors (Lipinski definition) is 7. The average Bonchev–Trinajstić information content (AvgIpc) is 3.51. The van der Waals surface area contributed by atoms with Crippen LogP contribution in [0.2, 0.25) is 0 Å². The molecule has 4 aromatic carbocycles. The zero-order chi connectivity index (χ0) is 32.4. The van der Waals surface area contributed by atoms with Gasteiger partial charge in [-0.1, -0.05) is 61.5 Å². The van der Waals surface area contributed by atoms with E-state index >= 15 is 0 Å². The Hall–Kier alpha value is -5.00. The number of hydrogen-bond donors (Lipinski definition) is 3. The quantitative estimate of drug-likeness (QED) is 0.199. The minimum atomic E-state index is -0.566. The molecule has 0 radical (unpaired) electrons. The minimum absolute atomic E-state index is 0.187. The summed E-state index contributed by atoms with van der Waals surface area (Å²) in [7, 11) is 1.69. The second-order valence-electron chi connectivity index (χ2n) is 11.6.